The summed E-state index contributed by atoms with van der Waals surface area (Å²) in [6.07, 6.45) is -3.15. The molecule has 3 fully saturated rings. The average molecular weight is 379 g/mol. The normalized spacial score (nSPS) is 36.0. The van der Waals surface area contributed by atoms with E-state index in [9.17, 15) is 4.79 Å². The fraction of sp³-hybridized carbons (Fsp3) is 0.632. The van der Waals surface area contributed by atoms with Gasteiger partial charge >= 0.3 is 0 Å². The standard InChI is InChI=1S/C19H25NO7/c1-18(2)24-12-13(25-18)15-17(27-19(3,4)26-15)23-14(12)16(21)20-10-7-6-8-11(9-10)22-5/h6-9,12-15,17H,1-5H3,(H,20,21)/t12-,13-,14+,15+,17+/m0/s1. The van der Waals surface area contributed by atoms with Crippen LogP contribution in [0.1, 0.15) is 27.7 Å². The van der Waals surface area contributed by atoms with E-state index in [4.69, 9.17) is 28.4 Å². The molecule has 4 rings (SSSR count). The van der Waals surface area contributed by atoms with Gasteiger partial charge in [-0.05, 0) is 39.8 Å². The third kappa shape index (κ3) is 3.55. The number of amides is 1. The van der Waals surface area contributed by atoms with E-state index >= 15 is 0 Å². The summed E-state index contributed by atoms with van der Waals surface area (Å²) in [7, 11) is 1.57. The third-order valence-corrected chi connectivity index (χ3v) is 4.75. The fourth-order valence-corrected chi connectivity index (χ4v) is 3.74. The third-order valence-electron chi connectivity index (χ3n) is 4.75. The van der Waals surface area contributed by atoms with Crippen LogP contribution in [0.4, 0.5) is 5.69 Å². The van der Waals surface area contributed by atoms with Crippen LogP contribution in [0.5, 0.6) is 5.75 Å². The highest BCUT2D eigenvalue weighted by Crippen LogP contribution is 2.44. The summed E-state index contributed by atoms with van der Waals surface area (Å²) in [6.45, 7) is 7.21. The average Bonchev–Trinajstić information content (AvgIpc) is 3.08. The highest BCUT2D eigenvalue weighted by atomic mass is 16.9. The quantitative estimate of drug-likeness (QED) is 0.860. The molecule has 3 aliphatic heterocycles. The molecule has 0 aliphatic carbocycles. The van der Waals surface area contributed by atoms with E-state index < -0.39 is 42.3 Å². The summed E-state index contributed by atoms with van der Waals surface area (Å²) in [5.41, 5.74) is 0.601. The summed E-state index contributed by atoms with van der Waals surface area (Å²) in [5.74, 6) is -1.37. The smallest absolute Gasteiger partial charge is 0.256 e. The predicted octanol–water partition coefficient (Wildman–Crippen LogP) is 2.03. The van der Waals surface area contributed by atoms with Crippen molar-refractivity contribution in [2.24, 2.45) is 0 Å². The molecule has 1 N–H and O–H groups in total. The Labute approximate surface area is 158 Å². The summed E-state index contributed by atoms with van der Waals surface area (Å²) in [6, 6.07) is 7.10. The monoisotopic (exact) mass is 379 g/mol. The van der Waals surface area contributed by atoms with Crippen LogP contribution in [0.15, 0.2) is 24.3 Å². The molecule has 8 nitrogen and oxygen atoms in total. The van der Waals surface area contributed by atoms with Gasteiger partial charge in [-0.3, -0.25) is 4.79 Å². The first-order chi connectivity index (χ1) is 12.7. The van der Waals surface area contributed by atoms with Crippen molar-refractivity contribution in [3.63, 3.8) is 0 Å². The zero-order valence-electron chi connectivity index (χ0n) is 16.1. The van der Waals surface area contributed by atoms with Crippen molar-refractivity contribution in [1.82, 2.24) is 0 Å². The van der Waals surface area contributed by atoms with Crippen LogP contribution in [-0.4, -0.2) is 55.3 Å². The van der Waals surface area contributed by atoms with Gasteiger partial charge in [0.15, 0.2) is 24.0 Å². The first-order valence-corrected chi connectivity index (χ1v) is 8.99. The molecule has 0 radical (unpaired) electrons. The van der Waals surface area contributed by atoms with Gasteiger partial charge in [0.2, 0.25) is 0 Å². The minimum Gasteiger partial charge on any atom is -0.497 e. The van der Waals surface area contributed by atoms with Crippen molar-refractivity contribution in [3.8, 4) is 5.75 Å². The second-order valence-corrected chi connectivity index (χ2v) is 7.81. The number of hydrogen-bond acceptors (Lipinski definition) is 7. The maximum absolute atomic E-state index is 13.0. The maximum atomic E-state index is 13.0. The first-order valence-electron chi connectivity index (χ1n) is 8.99. The largest absolute Gasteiger partial charge is 0.497 e. The summed E-state index contributed by atoms with van der Waals surface area (Å²) >= 11 is 0. The zero-order chi connectivity index (χ0) is 19.4. The summed E-state index contributed by atoms with van der Waals surface area (Å²) in [5, 5.41) is 2.85. The minimum atomic E-state index is -0.901. The number of rotatable bonds is 3. The Morgan fingerprint density at radius 2 is 1.67 bits per heavy atom. The van der Waals surface area contributed by atoms with Crippen molar-refractivity contribution in [2.45, 2.75) is 70.0 Å². The molecule has 1 aromatic carbocycles. The molecular formula is C19H25NO7. The molecule has 3 aliphatic rings. The molecule has 0 bridgehead atoms. The van der Waals surface area contributed by atoms with Crippen molar-refractivity contribution in [2.75, 3.05) is 12.4 Å². The number of hydrogen-bond donors (Lipinski definition) is 1. The second-order valence-electron chi connectivity index (χ2n) is 7.81. The number of ether oxygens (including phenoxy) is 6. The van der Waals surface area contributed by atoms with Crippen molar-refractivity contribution in [3.05, 3.63) is 24.3 Å². The van der Waals surface area contributed by atoms with Gasteiger partial charge in [0, 0.05) is 11.8 Å². The molecule has 0 spiro atoms. The Morgan fingerprint density at radius 1 is 1.00 bits per heavy atom. The summed E-state index contributed by atoms with van der Waals surface area (Å²) < 4.78 is 34.9. The Bertz CT molecular complexity index is 735. The van der Waals surface area contributed by atoms with Crippen LogP contribution in [0, 0.1) is 0 Å². The SMILES string of the molecule is COc1cccc(NC(=O)[C@@H]2O[C@@H]3OC(C)(C)O[C@@H]3[C@H]3OC(C)(C)O[C@@H]32)c1. The zero-order valence-corrected chi connectivity index (χ0v) is 16.1. The molecule has 0 saturated carbocycles. The van der Waals surface area contributed by atoms with E-state index in [-0.39, 0.29) is 5.91 Å². The van der Waals surface area contributed by atoms with Crippen LogP contribution in [0.3, 0.4) is 0 Å². The van der Waals surface area contributed by atoms with Crippen molar-refractivity contribution in [1.29, 1.82) is 0 Å². The first kappa shape index (κ1) is 18.6. The van der Waals surface area contributed by atoms with Gasteiger partial charge in [0.05, 0.1) is 7.11 Å². The Kier molecular flexibility index (Phi) is 4.44. The number of fused-ring (bicyclic) bond motifs is 3. The topological polar surface area (TPSA) is 84.5 Å². The van der Waals surface area contributed by atoms with Gasteiger partial charge in [0.25, 0.3) is 5.91 Å². The molecule has 0 aromatic heterocycles. The Hall–Kier alpha value is -1.71. The molecule has 148 valence electrons. The Morgan fingerprint density at radius 3 is 2.41 bits per heavy atom. The van der Waals surface area contributed by atoms with Crippen LogP contribution >= 0.6 is 0 Å². The highest BCUT2D eigenvalue weighted by Gasteiger charge is 2.62. The van der Waals surface area contributed by atoms with Gasteiger partial charge in [0.1, 0.15) is 24.1 Å². The van der Waals surface area contributed by atoms with Gasteiger partial charge < -0.3 is 33.7 Å². The summed E-state index contributed by atoms with van der Waals surface area (Å²) in [4.78, 5) is 13.0. The van der Waals surface area contributed by atoms with Crippen LogP contribution in [-0.2, 0) is 28.5 Å². The molecule has 3 heterocycles. The highest BCUT2D eigenvalue weighted by molar-refractivity contribution is 5.95. The maximum Gasteiger partial charge on any atom is 0.256 e. The van der Waals surface area contributed by atoms with Crippen molar-refractivity contribution >= 4 is 11.6 Å². The van der Waals surface area contributed by atoms with Crippen molar-refractivity contribution < 1.29 is 33.2 Å². The Balaban J connectivity index is 1.57. The number of carbonyl (C=O) groups is 1. The lowest BCUT2D eigenvalue weighted by atomic mass is 9.98. The fourth-order valence-electron chi connectivity index (χ4n) is 3.74. The van der Waals surface area contributed by atoms with E-state index in [0.717, 1.165) is 0 Å². The van der Waals surface area contributed by atoms with Crippen LogP contribution in [0.25, 0.3) is 0 Å². The molecule has 3 saturated heterocycles. The van der Waals surface area contributed by atoms with Crippen LogP contribution in [0.2, 0.25) is 0 Å². The molecule has 1 aromatic rings. The lowest BCUT2D eigenvalue weighted by Gasteiger charge is -2.36. The number of carbonyl (C=O) groups excluding carboxylic acids is 1. The second kappa shape index (κ2) is 6.42. The van der Waals surface area contributed by atoms with E-state index in [1.807, 2.05) is 0 Å². The molecular weight excluding hydrogens is 354 g/mol. The number of methoxy groups -OCH3 is 1. The van der Waals surface area contributed by atoms with E-state index in [2.05, 4.69) is 5.32 Å². The predicted molar refractivity (Wildman–Crippen MR) is 94.1 cm³/mol. The van der Waals surface area contributed by atoms with Gasteiger partial charge in [-0.1, -0.05) is 6.07 Å². The van der Waals surface area contributed by atoms with Gasteiger partial charge in [-0.25, -0.2) is 0 Å². The molecule has 27 heavy (non-hydrogen) atoms. The number of benzene rings is 1. The molecule has 5 atom stereocenters. The van der Waals surface area contributed by atoms with E-state index in [0.29, 0.717) is 11.4 Å². The number of nitrogens with one attached hydrogen (secondary N) is 1. The van der Waals surface area contributed by atoms with Gasteiger partial charge in [-0.2, -0.15) is 0 Å². The van der Waals surface area contributed by atoms with E-state index in [1.54, 1.807) is 59.1 Å². The van der Waals surface area contributed by atoms with E-state index in [1.165, 1.54) is 0 Å². The minimum absolute atomic E-state index is 0.341. The van der Waals surface area contributed by atoms with Gasteiger partial charge in [-0.15, -0.1) is 0 Å². The molecule has 0 unspecified atom stereocenters. The number of anilines is 1. The lowest BCUT2D eigenvalue weighted by Crippen LogP contribution is -2.58. The molecule has 1 amide bonds. The molecule has 8 heteroatoms. The lowest BCUT2D eigenvalue weighted by molar-refractivity contribution is -0.229. The van der Waals surface area contributed by atoms with Crippen LogP contribution < -0.4 is 10.1 Å².